The summed E-state index contributed by atoms with van der Waals surface area (Å²) in [7, 11) is 6.30. The van der Waals surface area contributed by atoms with Gasteiger partial charge in [0.15, 0.2) is 11.5 Å². The number of likely N-dealkylation sites (N-methyl/N-ethyl adjacent to an activating group) is 1. The Morgan fingerprint density at radius 2 is 1.62 bits per heavy atom. The van der Waals surface area contributed by atoms with E-state index >= 15 is 0 Å². The molecule has 2 N–H and O–H groups in total. The van der Waals surface area contributed by atoms with Crippen LogP contribution < -0.4 is 24.8 Å². The molecule has 0 aliphatic heterocycles. The van der Waals surface area contributed by atoms with Gasteiger partial charge in [0.25, 0.3) is 0 Å². The number of hydrogen-bond donors (Lipinski definition) is 1. The Morgan fingerprint density at radius 3 is 1.95 bits per heavy atom. The molecule has 1 amide bonds. The number of rotatable bonds is 5. The van der Waals surface area contributed by atoms with Gasteiger partial charge in [-0.1, -0.05) is 0 Å². The molecule has 0 spiro atoms. The second-order valence-electron chi connectivity index (χ2n) is 4.90. The van der Waals surface area contributed by atoms with Crippen LogP contribution in [-0.2, 0) is 4.79 Å². The van der Waals surface area contributed by atoms with Gasteiger partial charge in [-0.05, 0) is 12.8 Å². The summed E-state index contributed by atoms with van der Waals surface area (Å²) in [6.07, 6.45) is 1.45. The number of amides is 1. The first-order valence-corrected chi connectivity index (χ1v) is 6.34. The molecule has 1 aromatic carbocycles. The molecule has 0 aromatic heterocycles. The molecular weight excluding hydrogens is 296 g/mol. The number of ether oxygens (including phenoxy) is 3. The van der Waals surface area contributed by atoms with E-state index in [9.17, 15) is 4.79 Å². The minimum absolute atomic E-state index is 0. The third kappa shape index (κ3) is 3.16. The summed E-state index contributed by atoms with van der Waals surface area (Å²) >= 11 is 0. The highest BCUT2D eigenvalue weighted by molar-refractivity contribution is 6.02. The summed E-state index contributed by atoms with van der Waals surface area (Å²) in [4.78, 5) is 13.8. The SMILES string of the molecule is COc1cc(N(C)C(=O)C2(N)CC2)cc(OC)c1OC.Cl. The van der Waals surface area contributed by atoms with Crippen LogP contribution in [0.4, 0.5) is 5.69 Å². The zero-order valence-corrected chi connectivity index (χ0v) is 13.5. The topological polar surface area (TPSA) is 74.0 Å². The van der Waals surface area contributed by atoms with E-state index in [1.54, 1.807) is 19.2 Å². The van der Waals surface area contributed by atoms with Crippen molar-refractivity contribution < 1.29 is 19.0 Å². The molecule has 7 heteroatoms. The summed E-state index contributed by atoms with van der Waals surface area (Å²) in [5.74, 6) is 1.40. The second-order valence-corrected chi connectivity index (χ2v) is 4.90. The van der Waals surface area contributed by atoms with Gasteiger partial charge in [-0.2, -0.15) is 0 Å². The average molecular weight is 317 g/mol. The molecule has 118 valence electrons. The molecule has 0 heterocycles. The summed E-state index contributed by atoms with van der Waals surface area (Å²) in [6.45, 7) is 0. The summed E-state index contributed by atoms with van der Waals surface area (Å²) in [6, 6.07) is 3.45. The highest BCUT2D eigenvalue weighted by Gasteiger charge is 2.47. The highest BCUT2D eigenvalue weighted by atomic mass is 35.5. The molecular formula is C14H21ClN2O4. The predicted octanol–water partition coefficient (Wildman–Crippen LogP) is 1.59. The highest BCUT2D eigenvalue weighted by Crippen LogP contribution is 2.42. The number of anilines is 1. The Labute approximate surface area is 130 Å². The first-order chi connectivity index (χ1) is 9.46. The molecule has 1 aromatic rings. The molecule has 21 heavy (non-hydrogen) atoms. The Kier molecular flexibility index (Phi) is 5.31. The van der Waals surface area contributed by atoms with Crippen molar-refractivity contribution in [2.45, 2.75) is 18.4 Å². The lowest BCUT2D eigenvalue weighted by Gasteiger charge is -2.23. The van der Waals surface area contributed by atoms with Crippen LogP contribution in [0.15, 0.2) is 12.1 Å². The fourth-order valence-corrected chi connectivity index (χ4v) is 2.06. The van der Waals surface area contributed by atoms with E-state index in [1.807, 2.05) is 0 Å². The molecule has 1 fully saturated rings. The maximum absolute atomic E-state index is 12.3. The van der Waals surface area contributed by atoms with Gasteiger partial charge < -0.3 is 24.8 Å². The predicted molar refractivity (Wildman–Crippen MR) is 82.9 cm³/mol. The number of nitrogens with two attached hydrogens (primary N) is 1. The third-order valence-electron chi connectivity index (χ3n) is 3.56. The van der Waals surface area contributed by atoms with E-state index in [0.29, 0.717) is 22.9 Å². The third-order valence-corrected chi connectivity index (χ3v) is 3.56. The molecule has 0 unspecified atom stereocenters. The van der Waals surface area contributed by atoms with Crippen LogP contribution in [-0.4, -0.2) is 39.8 Å². The van der Waals surface area contributed by atoms with Crippen LogP contribution >= 0.6 is 12.4 Å². The van der Waals surface area contributed by atoms with Crippen LogP contribution in [0.25, 0.3) is 0 Å². The minimum Gasteiger partial charge on any atom is -0.493 e. The van der Waals surface area contributed by atoms with Crippen molar-refractivity contribution in [1.82, 2.24) is 0 Å². The fraction of sp³-hybridized carbons (Fsp3) is 0.500. The van der Waals surface area contributed by atoms with Crippen LogP contribution in [0.3, 0.4) is 0 Å². The van der Waals surface area contributed by atoms with Crippen molar-refractivity contribution in [3.05, 3.63) is 12.1 Å². The number of nitrogens with zero attached hydrogens (tertiary/aromatic N) is 1. The molecule has 0 atom stereocenters. The van der Waals surface area contributed by atoms with Gasteiger partial charge in [-0.15, -0.1) is 12.4 Å². The van der Waals surface area contributed by atoms with Crippen LogP contribution in [0.5, 0.6) is 17.2 Å². The number of hydrogen-bond acceptors (Lipinski definition) is 5. The number of methoxy groups -OCH3 is 3. The molecule has 1 aliphatic rings. The molecule has 0 bridgehead atoms. The van der Waals surface area contributed by atoms with E-state index in [0.717, 1.165) is 12.8 Å². The number of benzene rings is 1. The second kappa shape index (κ2) is 6.41. The normalized spacial score (nSPS) is 14.7. The number of carbonyl (C=O) groups is 1. The van der Waals surface area contributed by atoms with Gasteiger partial charge in [0.05, 0.1) is 32.6 Å². The first-order valence-electron chi connectivity index (χ1n) is 6.34. The maximum atomic E-state index is 12.3. The summed E-state index contributed by atoms with van der Waals surface area (Å²) < 4.78 is 15.8. The molecule has 0 saturated heterocycles. The van der Waals surface area contributed by atoms with Gasteiger partial charge >= 0.3 is 0 Å². The van der Waals surface area contributed by atoms with E-state index in [-0.39, 0.29) is 18.3 Å². The molecule has 2 rings (SSSR count). The van der Waals surface area contributed by atoms with Gasteiger partial charge in [0.2, 0.25) is 11.7 Å². The van der Waals surface area contributed by atoms with Crippen molar-refractivity contribution >= 4 is 24.0 Å². The van der Waals surface area contributed by atoms with Gasteiger partial charge in [-0.25, -0.2) is 0 Å². The average Bonchev–Trinajstić information content (AvgIpc) is 3.22. The molecule has 0 radical (unpaired) electrons. The Balaban J connectivity index is 0.00000220. The lowest BCUT2D eigenvalue weighted by molar-refractivity contribution is -0.120. The first kappa shape index (κ1) is 17.4. The molecule has 1 saturated carbocycles. The monoisotopic (exact) mass is 316 g/mol. The Bertz CT molecular complexity index is 507. The van der Waals surface area contributed by atoms with E-state index in [4.69, 9.17) is 19.9 Å². The molecule has 1 aliphatic carbocycles. The Hall–Kier alpha value is -1.66. The van der Waals surface area contributed by atoms with Crippen molar-refractivity contribution in [3.8, 4) is 17.2 Å². The number of halogens is 1. The lowest BCUT2D eigenvalue weighted by Crippen LogP contribution is -2.43. The summed E-state index contributed by atoms with van der Waals surface area (Å²) in [5, 5.41) is 0. The van der Waals surface area contributed by atoms with Crippen molar-refractivity contribution in [2.75, 3.05) is 33.3 Å². The Morgan fingerprint density at radius 1 is 1.14 bits per heavy atom. The van der Waals surface area contributed by atoms with E-state index in [2.05, 4.69) is 0 Å². The summed E-state index contributed by atoms with van der Waals surface area (Å²) in [5.41, 5.74) is 5.89. The standard InChI is InChI=1S/C14H20N2O4.ClH/c1-16(13(17)14(15)5-6-14)9-7-10(18-2)12(20-4)11(8-9)19-3;/h7-8H,5-6,15H2,1-4H3;1H. The smallest absolute Gasteiger partial charge is 0.246 e. The van der Waals surface area contributed by atoms with Crippen LogP contribution in [0, 0.1) is 0 Å². The zero-order chi connectivity index (χ0) is 14.9. The van der Waals surface area contributed by atoms with E-state index in [1.165, 1.54) is 26.2 Å². The van der Waals surface area contributed by atoms with Gasteiger partial charge in [0.1, 0.15) is 0 Å². The quantitative estimate of drug-likeness (QED) is 0.893. The largest absolute Gasteiger partial charge is 0.493 e. The van der Waals surface area contributed by atoms with E-state index < -0.39 is 5.54 Å². The number of carbonyl (C=O) groups excluding carboxylic acids is 1. The van der Waals surface area contributed by atoms with Crippen molar-refractivity contribution in [2.24, 2.45) is 5.73 Å². The van der Waals surface area contributed by atoms with Gasteiger partial charge in [-0.3, -0.25) is 4.79 Å². The zero-order valence-electron chi connectivity index (χ0n) is 12.6. The van der Waals surface area contributed by atoms with Crippen LogP contribution in [0.1, 0.15) is 12.8 Å². The minimum atomic E-state index is -0.713. The van der Waals surface area contributed by atoms with Crippen LogP contribution in [0.2, 0.25) is 0 Å². The fourth-order valence-electron chi connectivity index (χ4n) is 2.06. The van der Waals surface area contributed by atoms with Gasteiger partial charge in [0, 0.05) is 19.2 Å². The van der Waals surface area contributed by atoms with Crippen molar-refractivity contribution in [3.63, 3.8) is 0 Å². The molecule has 6 nitrogen and oxygen atoms in total. The maximum Gasteiger partial charge on any atom is 0.246 e. The van der Waals surface area contributed by atoms with Crippen molar-refractivity contribution in [1.29, 1.82) is 0 Å². The lowest BCUT2D eigenvalue weighted by atomic mass is 10.2.